The fraction of sp³-hybridized carbons (Fsp3) is 0.312. The smallest absolute Gasteiger partial charge is 0.414 e. The van der Waals surface area contributed by atoms with Gasteiger partial charge in [0.2, 0.25) is 0 Å². The van der Waals surface area contributed by atoms with E-state index >= 15 is 0 Å². The minimum atomic E-state index is -0.278. The topological polar surface area (TPSA) is 32.8 Å². The van der Waals surface area contributed by atoms with Crippen molar-refractivity contribution < 1.29 is 9.53 Å². The van der Waals surface area contributed by atoms with E-state index in [4.69, 9.17) is 4.74 Å². The van der Waals surface area contributed by atoms with Crippen LogP contribution >= 0.6 is 0 Å². The number of carbonyl (C=O) groups excluding carboxylic acids is 1. The van der Waals surface area contributed by atoms with Crippen LogP contribution in [0.5, 0.6) is 0 Å². The molecule has 0 saturated carbocycles. The van der Waals surface area contributed by atoms with Gasteiger partial charge in [0.25, 0.3) is 0 Å². The highest BCUT2D eigenvalue weighted by atomic mass is 16.6. The van der Waals surface area contributed by atoms with Crippen molar-refractivity contribution in [2.75, 3.05) is 32.1 Å². The van der Waals surface area contributed by atoms with Crippen LogP contribution < -0.4 is 4.90 Å². The number of benzene rings is 1. The fourth-order valence-corrected chi connectivity index (χ4v) is 2.05. The first-order valence-electron chi connectivity index (χ1n) is 6.68. The van der Waals surface area contributed by atoms with E-state index in [1.807, 2.05) is 51.4 Å². The second-order valence-corrected chi connectivity index (χ2v) is 4.82. The highest BCUT2D eigenvalue weighted by molar-refractivity contribution is 5.75. The van der Waals surface area contributed by atoms with Crippen LogP contribution in [0.15, 0.2) is 42.1 Å². The first-order chi connectivity index (χ1) is 9.61. The van der Waals surface area contributed by atoms with E-state index < -0.39 is 0 Å². The summed E-state index contributed by atoms with van der Waals surface area (Å²) in [7, 11) is 4.02. The third-order valence-electron chi connectivity index (χ3n) is 3.13. The van der Waals surface area contributed by atoms with Crippen molar-refractivity contribution in [2.45, 2.75) is 6.92 Å². The Kier molecular flexibility index (Phi) is 4.45. The number of hydrogen-bond acceptors (Lipinski definition) is 3. The van der Waals surface area contributed by atoms with E-state index in [0.29, 0.717) is 13.2 Å². The molecule has 0 N–H and O–H groups in total. The van der Waals surface area contributed by atoms with E-state index in [2.05, 4.69) is 17.0 Å². The Morgan fingerprint density at radius 1 is 1.30 bits per heavy atom. The maximum Gasteiger partial charge on any atom is 0.414 e. The highest BCUT2D eigenvalue weighted by Gasteiger charge is 2.23. The molecule has 0 spiro atoms. The molecule has 2 rings (SSSR count). The molecule has 0 radical (unpaired) electrons. The van der Waals surface area contributed by atoms with Gasteiger partial charge in [-0.3, -0.25) is 4.90 Å². The first-order valence-corrected chi connectivity index (χ1v) is 6.68. The molecule has 1 aromatic rings. The van der Waals surface area contributed by atoms with Crippen LogP contribution in [0.2, 0.25) is 0 Å². The molecule has 1 heterocycles. The van der Waals surface area contributed by atoms with Crippen LogP contribution in [0.1, 0.15) is 12.5 Å². The number of anilines is 1. The molecule has 1 aromatic carbocycles. The lowest BCUT2D eigenvalue weighted by Gasteiger charge is -2.15. The molecule has 1 amide bonds. The monoisotopic (exact) mass is 272 g/mol. The third-order valence-corrected chi connectivity index (χ3v) is 3.13. The van der Waals surface area contributed by atoms with Gasteiger partial charge in [0, 0.05) is 25.5 Å². The molecule has 4 heteroatoms. The molecule has 4 nitrogen and oxygen atoms in total. The predicted molar refractivity (Wildman–Crippen MR) is 81.6 cm³/mol. The Hall–Kier alpha value is -2.23. The summed E-state index contributed by atoms with van der Waals surface area (Å²) in [5.74, 6) is 0. The summed E-state index contributed by atoms with van der Waals surface area (Å²) in [6.07, 6.45) is 5.56. The zero-order chi connectivity index (χ0) is 14.5. The molecule has 1 saturated heterocycles. The lowest BCUT2D eigenvalue weighted by Crippen LogP contribution is -2.22. The minimum Gasteiger partial charge on any atom is -0.447 e. The molecule has 0 bridgehead atoms. The van der Waals surface area contributed by atoms with Crippen molar-refractivity contribution in [1.29, 1.82) is 0 Å². The predicted octanol–water partition coefficient (Wildman–Crippen LogP) is 3.12. The van der Waals surface area contributed by atoms with E-state index in [0.717, 1.165) is 16.9 Å². The van der Waals surface area contributed by atoms with Gasteiger partial charge in [0.1, 0.15) is 6.61 Å². The van der Waals surface area contributed by atoms with Gasteiger partial charge in [-0.1, -0.05) is 18.2 Å². The second-order valence-electron chi connectivity index (χ2n) is 4.82. The normalized spacial score (nSPS) is 15.8. The van der Waals surface area contributed by atoms with Gasteiger partial charge in [0.05, 0.1) is 6.54 Å². The second kappa shape index (κ2) is 6.28. The fourth-order valence-electron chi connectivity index (χ4n) is 2.05. The number of rotatable bonds is 4. The average Bonchev–Trinajstić information content (AvgIpc) is 2.85. The van der Waals surface area contributed by atoms with Gasteiger partial charge >= 0.3 is 6.09 Å². The molecule has 1 aliphatic rings. The number of nitrogens with zero attached hydrogens (tertiary/aromatic N) is 2. The van der Waals surface area contributed by atoms with Crippen molar-refractivity contribution >= 4 is 17.9 Å². The van der Waals surface area contributed by atoms with Crippen molar-refractivity contribution in [3.63, 3.8) is 0 Å². The van der Waals surface area contributed by atoms with E-state index in [1.54, 1.807) is 4.90 Å². The summed E-state index contributed by atoms with van der Waals surface area (Å²) >= 11 is 0. The van der Waals surface area contributed by atoms with E-state index in [1.165, 1.54) is 0 Å². The summed E-state index contributed by atoms with van der Waals surface area (Å²) in [4.78, 5) is 15.4. The van der Waals surface area contributed by atoms with Gasteiger partial charge in [-0.15, -0.1) is 0 Å². The maximum atomic E-state index is 11.6. The standard InChI is InChI=1S/C16H20N2O2/c1-4-5-15(18-10-11-20-16(18)19)12-13-6-8-14(9-7-13)17(2)3/h4-9,12H,10-11H2,1-3H3/b5-4-,15-12+. The quantitative estimate of drug-likeness (QED) is 0.789. The Morgan fingerprint density at radius 3 is 2.50 bits per heavy atom. The lowest BCUT2D eigenvalue weighted by atomic mass is 10.1. The Balaban J connectivity index is 2.26. The number of cyclic esters (lactones) is 1. The number of ether oxygens (including phenoxy) is 1. The van der Waals surface area contributed by atoms with Crippen LogP contribution in [0.3, 0.4) is 0 Å². The summed E-state index contributed by atoms with van der Waals surface area (Å²) in [5.41, 5.74) is 3.06. The molecule has 0 aromatic heterocycles. The average molecular weight is 272 g/mol. The highest BCUT2D eigenvalue weighted by Crippen LogP contribution is 2.19. The number of allylic oxidation sites excluding steroid dienone is 2. The summed E-state index contributed by atoms with van der Waals surface area (Å²) in [6, 6.07) is 8.20. The van der Waals surface area contributed by atoms with Crippen LogP contribution in [0, 0.1) is 0 Å². The first kappa shape index (κ1) is 14.2. The van der Waals surface area contributed by atoms with Crippen molar-refractivity contribution in [3.8, 4) is 0 Å². The van der Waals surface area contributed by atoms with Crippen LogP contribution in [-0.4, -0.2) is 38.2 Å². The number of amides is 1. The summed E-state index contributed by atoms with van der Waals surface area (Å²) in [5, 5.41) is 0. The lowest BCUT2D eigenvalue weighted by molar-refractivity contribution is 0.165. The molecule has 0 unspecified atom stereocenters. The maximum absolute atomic E-state index is 11.6. The summed E-state index contributed by atoms with van der Waals surface area (Å²) < 4.78 is 4.99. The van der Waals surface area contributed by atoms with Crippen LogP contribution in [0.25, 0.3) is 6.08 Å². The Bertz CT molecular complexity index is 530. The summed E-state index contributed by atoms with van der Waals surface area (Å²) in [6.45, 7) is 2.99. The van der Waals surface area contributed by atoms with Gasteiger partial charge in [0.15, 0.2) is 0 Å². The van der Waals surface area contributed by atoms with E-state index in [-0.39, 0.29) is 6.09 Å². The third kappa shape index (κ3) is 3.20. The zero-order valence-corrected chi connectivity index (χ0v) is 12.2. The van der Waals surface area contributed by atoms with Gasteiger partial charge < -0.3 is 9.64 Å². The van der Waals surface area contributed by atoms with E-state index in [9.17, 15) is 4.79 Å². The largest absolute Gasteiger partial charge is 0.447 e. The van der Waals surface area contributed by atoms with Crippen molar-refractivity contribution in [3.05, 3.63) is 47.7 Å². The van der Waals surface area contributed by atoms with Gasteiger partial charge in [-0.25, -0.2) is 4.79 Å². The molecule has 106 valence electrons. The Morgan fingerprint density at radius 2 is 2.00 bits per heavy atom. The van der Waals surface area contributed by atoms with Crippen molar-refractivity contribution in [2.24, 2.45) is 0 Å². The van der Waals surface area contributed by atoms with Gasteiger partial charge in [-0.05, 0) is 36.8 Å². The molecule has 0 atom stereocenters. The number of carbonyl (C=O) groups is 1. The molecule has 20 heavy (non-hydrogen) atoms. The molecular formula is C16H20N2O2. The molecule has 1 fully saturated rings. The van der Waals surface area contributed by atoms with Crippen molar-refractivity contribution in [1.82, 2.24) is 4.90 Å². The van der Waals surface area contributed by atoms with Crippen LogP contribution in [-0.2, 0) is 4.74 Å². The molecule has 0 aliphatic carbocycles. The SMILES string of the molecule is C/C=C\C(=C/c1ccc(N(C)C)cc1)N1CCOC1=O. The number of hydrogen-bond donors (Lipinski definition) is 0. The zero-order valence-electron chi connectivity index (χ0n) is 12.2. The Labute approximate surface area is 119 Å². The molecule has 1 aliphatic heterocycles. The minimum absolute atomic E-state index is 0.278. The van der Waals surface area contributed by atoms with Crippen LogP contribution in [0.4, 0.5) is 10.5 Å². The van der Waals surface area contributed by atoms with Gasteiger partial charge in [-0.2, -0.15) is 0 Å². The molecular weight excluding hydrogens is 252 g/mol.